The van der Waals surface area contributed by atoms with Gasteiger partial charge in [0, 0.05) is 67.5 Å². The molecule has 2 aliphatic heterocycles. The van der Waals surface area contributed by atoms with Crippen LogP contribution >= 0.6 is 23.2 Å². The predicted octanol–water partition coefficient (Wildman–Crippen LogP) is 4.07. The Morgan fingerprint density at radius 3 is 2.42 bits per heavy atom. The first kappa shape index (κ1) is 28.4. The van der Waals surface area contributed by atoms with Crippen LogP contribution in [0.15, 0.2) is 48.7 Å². The number of piperazine rings is 1. The van der Waals surface area contributed by atoms with E-state index >= 15 is 0 Å². The molecule has 4 heterocycles. The first-order chi connectivity index (χ1) is 19.2. The molecule has 5 rings (SSSR count). The number of pyridine rings is 2. The van der Waals surface area contributed by atoms with E-state index in [-0.39, 0.29) is 6.61 Å². The lowest BCUT2D eigenvalue weighted by Crippen LogP contribution is -2.47. The fourth-order valence-corrected chi connectivity index (χ4v) is 5.45. The Morgan fingerprint density at radius 1 is 1.05 bits per heavy atom. The monoisotopic (exact) mass is 586 g/mol. The zero-order valence-electron chi connectivity index (χ0n) is 22.0. The predicted molar refractivity (Wildman–Crippen MR) is 154 cm³/mol. The van der Waals surface area contributed by atoms with Gasteiger partial charge in [0.2, 0.25) is 5.88 Å². The summed E-state index contributed by atoms with van der Waals surface area (Å²) in [6.07, 6.45) is 1.73. The molecule has 1 aromatic carbocycles. The molecular weight excluding hydrogens is 555 g/mol. The zero-order chi connectivity index (χ0) is 28.1. The number of halogens is 2. The van der Waals surface area contributed by atoms with Gasteiger partial charge in [0.15, 0.2) is 0 Å². The standard InChI is InChI=1S/C28H32Cl2N6O4/c29-21-13-20(14-22(30)15-21)24-11-19(17-35-7-3-28(38,4-8-35)18-39-27(31)37)12-26(34-24)40-23-1-2-25(33-16-23)36-9-5-32-6-10-36/h1-2,11-16,32,38H,3-10,17-18H2,(H2,31,37). The average molecular weight is 588 g/mol. The number of anilines is 1. The van der Waals surface area contributed by atoms with E-state index in [1.54, 1.807) is 12.3 Å². The number of ether oxygens (including phenoxy) is 2. The highest BCUT2D eigenvalue weighted by atomic mass is 35.5. The fourth-order valence-electron chi connectivity index (χ4n) is 4.92. The zero-order valence-corrected chi connectivity index (χ0v) is 23.5. The molecule has 0 aliphatic carbocycles. The number of hydrogen-bond donors (Lipinski definition) is 3. The van der Waals surface area contributed by atoms with Crippen molar-refractivity contribution in [2.24, 2.45) is 5.73 Å². The summed E-state index contributed by atoms with van der Waals surface area (Å²) in [7, 11) is 0. The summed E-state index contributed by atoms with van der Waals surface area (Å²) in [6.45, 7) is 5.43. The number of primary amides is 1. The number of likely N-dealkylation sites (tertiary alicyclic amines) is 1. The summed E-state index contributed by atoms with van der Waals surface area (Å²) in [4.78, 5) is 24.8. The summed E-state index contributed by atoms with van der Waals surface area (Å²) >= 11 is 12.6. The summed E-state index contributed by atoms with van der Waals surface area (Å²) in [5.74, 6) is 1.91. The number of nitrogens with one attached hydrogen (secondary N) is 1. The van der Waals surface area contributed by atoms with Gasteiger partial charge >= 0.3 is 6.09 Å². The van der Waals surface area contributed by atoms with Crippen LogP contribution in [0.3, 0.4) is 0 Å². The number of carbonyl (C=O) groups is 1. The van der Waals surface area contributed by atoms with E-state index in [0.717, 1.165) is 43.1 Å². The maximum atomic E-state index is 11.0. The lowest BCUT2D eigenvalue weighted by molar-refractivity contribution is -0.0630. The number of amides is 1. The van der Waals surface area contributed by atoms with Crippen molar-refractivity contribution in [3.63, 3.8) is 0 Å². The second-order valence-corrected chi connectivity index (χ2v) is 11.0. The van der Waals surface area contributed by atoms with Crippen LogP contribution < -0.4 is 20.7 Å². The molecule has 2 fully saturated rings. The second kappa shape index (κ2) is 12.6. The summed E-state index contributed by atoms with van der Waals surface area (Å²) in [5.41, 5.74) is 6.40. The van der Waals surface area contributed by atoms with E-state index in [1.807, 2.05) is 36.4 Å². The summed E-state index contributed by atoms with van der Waals surface area (Å²) in [6, 6.07) is 13.0. The molecule has 40 heavy (non-hydrogen) atoms. The summed E-state index contributed by atoms with van der Waals surface area (Å²) < 4.78 is 11.0. The van der Waals surface area contributed by atoms with Gasteiger partial charge in [-0.15, -0.1) is 0 Å². The molecule has 0 saturated carbocycles. The van der Waals surface area contributed by atoms with Crippen molar-refractivity contribution in [3.05, 3.63) is 64.3 Å². The number of aliphatic hydroxyl groups is 1. The lowest BCUT2D eigenvalue weighted by Gasteiger charge is -2.37. The molecule has 0 bridgehead atoms. The Bertz CT molecular complexity index is 1310. The number of hydrogen-bond acceptors (Lipinski definition) is 9. The molecule has 0 unspecified atom stereocenters. The fraction of sp³-hybridized carbons (Fsp3) is 0.393. The van der Waals surface area contributed by atoms with Gasteiger partial charge in [-0.3, -0.25) is 4.90 Å². The third-order valence-corrected chi connectivity index (χ3v) is 7.52. The average Bonchev–Trinajstić information content (AvgIpc) is 2.94. The molecule has 12 heteroatoms. The van der Waals surface area contributed by atoms with E-state index in [0.29, 0.717) is 59.8 Å². The van der Waals surface area contributed by atoms with Crippen LogP contribution in [0.4, 0.5) is 10.6 Å². The second-order valence-electron chi connectivity index (χ2n) is 10.2. The Hall–Kier alpha value is -3.15. The van der Waals surface area contributed by atoms with Crippen LogP contribution in [0.25, 0.3) is 11.3 Å². The third kappa shape index (κ3) is 7.52. The molecule has 4 N–H and O–H groups in total. The molecule has 2 aromatic heterocycles. The van der Waals surface area contributed by atoms with Crippen molar-refractivity contribution in [1.29, 1.82) is 0 Å². The quantitative estimate of drug-likeness (QED) is 0.358. The third-order valence-electron chi connectivity index (χ3n) is 7.08. The van der Waals surface area contributed by atoms with Crippen LogP contribution in [0.2, 0.25) is 10.0 Å². The van der Waals surface area contributed by atoms with Crippen molar-refractivity contribution < 1.29 is 19.4 Å². The van der Waals surface area contributed by atoms with E-state index in [9.17, 15) is 9.90 Å². The van der Waals surface area contributed by atoms with Gasteiger partial charge in [0.05, 0.1) is 11.9 Å². The Labute approximate surface area is 243 Å². The topological polar surface area (TPSA) is 126 Å². The molecule has 1 amide bonds. The number of benzene rings is 1. The normalized spacial score (nSPS) is 17.4. The van der Waals surface area contributed by atoms with Crippen molar-refractivity contribution in [1.82, 2.24) is 20.2 Å². The minimum atomic E-state index is -1.08. The van der Waals surface area contributed by atoms with Crippen molar-refractivity contribution in [2.45, 2.75) is 25.0 Å². The minimum Gasteiger partial charge on any atom is -0.447 e. The van der Waals surface area contributed by atoms with Gasteiger partial charge in [-0.2, -0.15) is 0 Å². The first-order valence-corrected chi connectivity index (χ1v) is 13.9. The highest BCUT2D eigenvalue weighted by Crippen LogP contribution is 2.31. The van der Waals surface area contributed by atoms with Crippen LogP contribution in [-0.4, -0.2) is 77.5 Å². The van der Waals surface area contributed by atoms with Crippen LogP contribution in [-0.2, 0) is 11.3 Å². The van der Waals surface area contributed by atoms with E-state index in [1.165, 1.54) is 0 Å². The smallest absolute Gasteiger partial charge is 0.404 e. The van der Waals surface area contributed by atoms with Crippen LogP contribution in [0.1, 0.15) is 18.4 Å². The highest BCUT2D eigenvalue weighted by molar-refractivity contribution is 6.35. The molecule has 3 aromatic rings. The van der Waals surface area contributed by atoms with Gasteiger partial charge in [-0.25, -0.2) is 14.8 Å². The van der Waals surface area contributed by atoms with E-state index < -0.39 is 11.7 Å². The summed E-state index contributed by atoms with van der Waals surface area (Å²) in [5, 5.41) is 15.1. The van der Waals surface area contributed by atoms with Crippen molar-refractivity contribution >= 4 is 35.1 Å². The largest absolute Gasteiger partial charge is 0.447 e. The maximum absolute atomic E-state index is 11.0. The molecule has 2 aliphatic rings. The molecule has 10 nitrogen and oxygen atoms in total. The van der Waals surface area contributed by atoms with E-state index in [2.05, 4.69) is 20.1 Å². The van der Waals surface area contributed by atoms with Gasteiger partial charge in [0.25, 0.3) is 0 Å². The van der Waals surface area contributed by atoms with E-state index in [4.69, 9.17) is 43.4 Å². The van der Waals surface area contributed by atoms with Gasteiger partial charge in [0.1, 0.15) is 23.8 Å². The molecule has 212 valence electrons. The van der Waals surface area contributed by atoms with Gasteiger partial charge < -0.3 is 30.5 Å². The molecule has 0 atom stereocenters. The maximum Gasteiger partial charge on any atom is 0.404 e. The number of rotatable bonds is 8. The molecule has 0 spiro atoms. The number of nitrogens with zero attached hydrogens (tertiary/aromatic N) is 4. The highest BCUT2D eigenvalue weighted by Gasteiger charge is 2.33. The van der Waals surface area contributed by atoms with Gasteiger partial charge in [-0.1, -0.05) is 23.2 Å². The first-order valence-electron chi connectivity index (χ1n) is 13.2. The minimum absolute atomic E-state index is 0.107. The Morgan fingerprint density at radius 2 is 1.77 bits per heavy atom. The van der Waals surface area contributed by atoms with Crippen LogP contribution in [0, 0.1) is 0 Å². The lowest BCUT2D eigenvalue weighted by atomic mass is 9.92. The molecule has 0 radical (unpaired) electrons. The van der Waals surface area contributed by atoms with Gasteiger partial charge in [-0.05, 0) is 54.8 Å². The molecular formula is C28H32Cl2N6O4. The van der Waals surface area contributed by atoms with Crippen molar-refractivity contribution in [2.75, 3.05) is 50.8 Å². The SMILES string of the molecule is NC(=O)OCC1(O)CCN(Cc2cc(Oc3ccc(N4CCNCC4)nc3)nc(-c3cc(Cl)cc(Cl)c3)c2)CC1. The number of aromatic nitrogens is 2. The van der Waals surface area contributed by atoms with Crippen LogP contribution in [0.5, 0.6) is 11.6 Å². The number of nitrogens with two attached hydrogens (primary N) is 1. The van der Waals surface area contributed by atoms with Crippen molar-refractivity contribution in [3.8, 4) is 22.9 Å². The number of piperidine rings is 1. The number of carbonyl (C=O) groups excluding carboxylic acids is 1. The molecule has 2 saturated heterocycles. The Balaban J connectivity index is 1.34. The Kier molecular flexibility index (Phi) is 8.92.